The number of hydrogen-bond donors (Lipinski definition) is 1. The van der Waals surface area contributed by atoms with Crippen molar-refractivity contribution in [2.75, 3.05) is 7.11 Å². The van der Waals surface area contributed by atoms with E-state index in [-0.39, 0.29) is 15.9 Å². The highest BCUT2D eigenvalue weighted by Gasteiger charge is 2.12. The number of methoxy groups -OCH3 is 1. The van der Waals surface area contributed by atoms with Gasteiger partial charge < -0.3 is 10.1 Å². The Labute approximate surface area is 124 Å². The summed E-state index contributed by atoms with van der Waals surface area (Å²) in [5.41, 5.74) is 1.08. The summed E-state index contributed by atoms with van der Waals surface area (Å²) in [7, 11) is 1.53. The monoisotopic (exact) mass is 338 g/mol. The molecule has 1 amide bonds. The highest BCUT2D eigenvalue weighted by atomic mass is 79.9. The second-order valence-electron chi connectivity index (χ2n) is 3.99. The first-order chi connectivity index (χ1) is 9.61. The topological polar surface area (TPSA) is 51.2 Å². The SMILES string of the molecule is COc1ccc(CNC(=O)c2cccc(F)c2Br)cn1. The van der Waals surface area contributed by atoms with Gasteiger partial charge in [0.25, 0.3) is 5.91 Å². The Morgan fingerprint density at radius 1 is 1.40 bits per heavy atom. The maximum Gasteiger partial charge on any atom is 0.252 e. The van der Waals surface area contributed by atoms with Crippen LogP contribution in [-0.4, -0.2) is 18.0 Å². The summed E-state index contributed by atoms with van der Waals surface area (Å²) in [6.45, 7) is 0.304. The third kappa shape index (κ3) is 3.33. The number of halogens is 2. The third-order valence-electron chi connectivity index (χ3n) is 2.66. The van der Waals surface area contributed by atoms with Crippen molar-refractivity contribution in [3.05, 3.63) is 57.9 Å². The van der Waals surface area contributed by atoms with E-state index in [1.54, 1.807) is 24.4 Å². The number of rotatable bonds is 4. The van der Waals surface area contributed by atoms with Crippen LogP contribution in [0.5, 0.6) is 5.88 Å². The molecule has 1 heterocycles. The van der Waals surface area contributed by atoms with Crippen molar-refractivity contribution in [1.29, 1.82) is 0 Å². The van der Waals surface area contributed by atoms with Crippen LogP contribution in [0.4, 0.5) is 4.39 Å². The molecule has 0 saturated heterocycles. The van der Waals surface area contributed by atoms with Crippen LogP contribution in [0.3, 0.4) is 0 Å². The molecule has 20 heavy (non-hydrogen) atoms. The smallest absolute Gasteiger partial charge is 0.252 e. The van der Waals surface area contributed by atoms with Crippen molar-refractivity contribution in [2.45, 2.75) is 6.54 Å². The van der Waals surface area contributed by atoms with Crippen LogP contribution in [-0.2, 0) is 6.54 Å². The van der Waals surface area contributed by atoms with Gasteiger partial charge >= 0.3 is 0 Å². The van der Waals surface area contributed by atoms with Crippen molar-refractivity contribution < 1.29 is 13.9 Å². The molecular weight excluding hydrogens is 327 g/mol. The van der Waals surface area contributed by atoms with E-state index >= 15 is 0 Å². The van der Waals surface area contributed by atoms with E-state index < -0.39 is 5.82 Å². The van der Waals surface area contributed by atoms with E-state index in [4.69, 9.17) is 4.74 Å². The van der Waals surface area contributed by atoms with Crippen LogP contribution in [0.15, 0.2) is 41.0 Å². The molecule has 1 aromatic heterocycles. The highest BCUT2D eigenvalue weighted by Crippen LogP contribution is 2.20. The molecule has 0 aliphatic carbocycles. The lowest BCUT2D eigenvalue weighted by Crippen LogP contribution is -2.23. The molecule has 4 nitrogen and oxygen atoms in total. The molecule has 0 saturated carbocycles. The lowest BCUT2D eigenvalue weighted by molar-refractivity contribution is 0.0949. The first-order valence-corrected chi connectivity index (χ1v) is 6.62. The molecule has 1 aromatic carbocycles. The van der Waals surface area contributed by atoms with E-state index in [1.165, 1.54) is 19.2 Å². The van der Waals surface area contributed by atoms with Gasteiger partial charge in [-0.25, -0.2) is 9.37 Å². The summed E-state index contributed by atoms with van der Waals surface area (Å²) in [6.07, 6.45) is 1.61. The fraction of sp³-hybridized carbons (Fsp3) is 0.143. The van der Waals surface area contributed by atoms with E-state index in [9.17, 15) is 9.18 Å². The van der Waals surface area contributed by atoms with Gasteiger partial charge in [-0.3, -0.25) is 4.79 Å². The molecule has 0 aliphatic heterocycles. The molecule has 0 atom stereocenters. The summed E-state index contributed by atoms with van der Waals surface area (Å²) < 4.78 is 18.4. The Morgan fingerprint density at radius 3 is 2.85 bits per heavy atom. The summed E-state index contributed by atoms with van der Waals surface area (Å²) in [4.78, 5) is 16.0. The number of aromatic nitrogens is 1. The quantitative estimate of drug-likeness (QED) is 0.932. The fourth-order valence-electron chi connectivity index (χ4n) is 1.59. The van der Waals surface area contributed by atoms with Crippen LogP contribution in [0, 0.1) is 5.82 Å². The van der Waals surface area contributed by atoms with E-state index in [0.29, 0.717) is 12.4 Å². The Kier molecular flexibility index (Phi) is 4.68. The fourth-order valence-corrected chi connectivity index (χ4v) is 2.04. The Balaban J connectivity index is 2.02. The maximum atomic E-state index is 13.3. The number of carbonyl (C=O) groups is 1. The lowest BCUT2D eigenvalue weighted by Gasteiger charge is -2.07. The molecule has 0 bridgehead atoms. The maximum absolute atomic E-state index is 13.3. The van der Waals surface area contributed by atoms with Gasteiger partial charge in [-0.15, -0.1) is 0 Å². The van der Waals surface area contributed by atoms with Crippen molar-refractivity contribution in [3.63, 3.8) is 0 Å². The average Bonchev–Trinajstić information content (AvgIpc) is 2.48. The van der Waals surface area contributed by atoms with Gasteiger partial charge in [0, 0.05) is 18.8 Å². The Bertz CT molecular complexity index is 617. The number of amides is 1. The summed E-state index contributed by atoms with van der Waals surface area (Å²) >= 11 is 3.06. The molecule has 6 heteroatoms. The molecule has 104 valence electrons. The zero-order valence-electron chi connectivity index (χ0n) is 10.7. The van der Waals surface area contributed by atoms with Gasteiger partial charge in [0.2, 0.25) is 5.88 Å². The lowest BCUT2D eigenvalue weighted by atomic mass is 10.2. The summed E-state index contributed by atoms with van der Waals surface area (Å²) in [5, 5.41) is 2.70. The van der Waals surface area contributed by atoms with Crippen LogP contribution in [0.25, 0.3) is 0 Å². The number of nitrogens with one attached hydrogen (secondary N) is 1. The molecule has 0 spiro atoms. The molecule has 2 rings (SSSR count). The normalized spacial score (nSPS) is 10.2. The molecule has 0 radical (unpaired) electrons. The molecule has 1 N–H and O–H groups in total. The predicted octanol–water partition coefficient (Wildman–Crippen LogP) is 2.92. The largest absolute Gasteiger partial charge is 0.481 e. The average molecular weight is 339 g/mol. The second-order valence-corrected chi connectivity index (χ2v) is 4.79. The van der Waals surface area contributed by atoms with Crippen molar-refractivity contribution in [1.82, 2.24) is 10.3 Å². The summed E-state index contributed by atoms with van der Waals surface area (Å²) in [5.74, 6) is -0.316. The molecule has 2 aromatic rings. The number of benzene rings is 1. The van der Waals surface area contributed by atoms with Crippen LogP contribution in [0.2, 0.25) is 0 Å². The van der Waals surface area contributed by atoms with Gasteiger partial charge in [0.1, 0.15) is 5.82 Å². The van der Waals surface area contributed by atoms with Crippen molar-refractivity contribution in [3.8, 4) is 5.88 Å². The standard InChI is InChI=1S/C14H12BrFN2O2/c1-20-12-6-5-9(7-17-12)8-18-14(19)10-3-2-4-11(16)13(10)15/h2-7H,8H2,1H3,(H,18,19). The number of nitrogens with zero attached hydrogens (tertiary/aromatic N) is 1. The number of hydrogen-bond acceptors (Lipinski definition) is 3. The first-order valence-electron chi connectivity index (χ1n) is 5.83. The van der Waals surface area contributed by atoms with Gasteiger partial charge in [-0.2, -0.15) is 0 Å². The summed E-state index contributed by atoms with van der Waals surface area (Å²) in [6, 6.07) is 7.83. The number of carbonyl (C=O) groups excluding carboxylic acids is 1. The highest BCUT2D eigenvalue weighted by molar-refractivity contribution is 9.10. The van der Waals surface area contributed by atoms with Gasteiger partial charge in [-0.05, 0) is 33.6 Å². The van der Waals surface area contributed by atoms with E-state index in [1.807, 2.05) is 0 Å². The zero-order valence-corrected chi connectivity index (χ0v) is 12.3. The number of pyridine rings is 1. The van der Waals surface area contributed by atoms with Crippen LogP contribution < -0.4 is 10.1 Å². The van der Waals surface area contributed by atoms with Crippen LogP contribution >= 0.6 is 15.9 Å². The molecule has 0 aliphatic rings. The van der Waals surface area contributed by atoms with E-state index in [2.05, 4.69) is 26.2 Å². The van der Waals surface area contributed by atoms with Gasteiger partial charge in [-0.1, -0.05) is 12.1 Å². The van der Waals surface area contributed by atoms with Gasteiger partial charge in [0.05, 0.1) is 17.1 Å². The molecular formula is C14H12BrFN2O2. The molecule has 0 fully saturated rings. The van der Waals surface area contributed by atoms with Gasteiger partial charge in [0.15, 0.2) is 0 Å². The van der Waals surface area contributed by atoms with Crippen molar-refractivity contribution >= 4 is 21.8 Å². The second kappa shape index (κ2) is 6.47. The Hall–Kier alpha value is -1.95. The predicted molar refractivity (Wildman–Crippen MR) is 76.1 cm³/mol. The molecule has 0 unspecified atom stereocenters. The van der Waals surface area contributed by atoms with Crippen molar-refractivity contribution in [2.24, 2.45) is 0 Å². The van der Waals surface area contributed by atoms with E-state index in [0.717, 1.165) is 5.56 Å². The first kappa shape index (κ1) is 14.5. The Morgan fingerprint density at radius 2 is 2.20 bits per heavy atom. The van der Waals surface area contributed by atoms with Crippen LogP contribution in [0.1, 0.15) is 15.9 Å². The zero-order chi connectivity index (χ0) is 14.5. The minimum Gasteiger partial charge on any atom is -0.481 e. The third-order valence-corrected chi connectivity index (χ3v) is 3.46. The minimum absolute atomic E-state index is 0.158. The number of ether oxygens (including phenoxy) is 1. The minimum atomic E-state index is -0.469.